The predicted octanol–water partition coefficient (Wildman–Crippen LogP) is 2.60. The van der Waals surface area contributed by atoms with Crippen molar-refractivity contribution >= 4 is 17.5 Å². The monoisotopic (exact) mass is 363 g/mol. The zero-order valence-corrected chi connectivity index (χ0v) is 15.6. The van der Waals surface area contributed by atoms with E-state index in [0.717, 1.165) is 43.7 Å². The molecular formula is C22H25N3O2. The van der Waals surface area contributed by atoms with E-state index in [-0.39, 0.29) is 17.9 Å². The largest absolute Gasteiger partial charge is 0.349 e. The van der Waals surface area contributed by atoms with Crippen molar-refractivity contribution in [1.82, 2.24) is 10.2 Å². The maximum absolute atomic E-state index is 12.6. The number of hydrogen-bond donors (Lipinski definition) is 1. The lowest BCUT2D eigenvalue weighted by molar-refractivity contribution is -0.117. The summed E-state index contributed by atoms with van der Waals surface area (Å²) in [6, 6.07) is 16.3. The highest BCUT2D eigenvalue weighted by Gasteiger charge is 2.26. The van der Waals surface area contributed by atoms with E-state index in [1.807, 2.05) is 24.3 Å². The van der Waals surface area contributed by atoms with Crippen molar-refractivity contribution in [2.24, 2.45) is 0 Å². The number of piperidine rings is 1. The summed E-state index contributed by atoms with van der Waals surface area (Å²) >= 11 is 0. The number of likely N-dealkylation sites (tertiary alicyclic amines) is 1. The van der Waals surface area contributed by atoms with Crippen molar-refractivity contribution in [2.75, 3.05) is 25.0 Å². The van der Waals surface area contributed by atoms with Gasteiger partial charge in [0.25, 0.3) is 5.91 Å². The Morgan fingerprint density at radius 2 is 1.85 bits per heavy atom. The molecule has 5 nitrogen and oxygen atoms in total. The fourth-order valence-electron chi connectivity index (χ4n) is 3.96. The van der Waals surface area contributed by atoms with Crippen molar-refractivity contribution in [2.45, 2.75) is 31.8 Å². The minimum Gasteiger partial charge on any atom is -0.349 e. The molecule has 2 heterocycles. The van der Waals surface area contributed by atoms with Crippen molar-refractivity contribution in [3.05, 3.63) is 65.2 Å². The van der Waals surface area contributed by atoms with Gasteiger partial charge in [-0.1, -0.05) is 30.3 Å². The molecule has 0 aliphatic carbocycles. The summed E-state index contributed by atoms with van der Waals surface area (Å²) in [7, 11) is 1.77. The first-order valence-electron chi connectivity index (χ1n) is 9.57. The van der Waals surface area contributed by atoms with Crippen LogP contribution in [0.25, 0.3) is 0 Å². The molecule has 140 valence electrons. The molecule has 27 heavy (non-hydrogen) atoms. The van der Waals surface area contributed by atoms with E-state index < -0.39 is 0 Å². The molecule has 5 heteroatoms. The molecule has 1 N–H and O–H groups in total. The Kier molecular flexibility index (Phi) is 4.94. The minimum atomic E-state index is -0.0405. The molecule has 1 fully saturated rings. The lowest BCUT2D eigenvalue weighted by Gasteiger charge is -2.32. The molecule has 2 aromatic carbocycles. The normalized spacial score (nSPS) is 17.8. The summed E-state index contributed by atoms with van der Waals surface area (Å²) < 4.78 is 0. The smallest absolute Gasteiger partial charge is 0.251 e. The number of carbonyl (C=O) groups excluding carboxylic acids is 2. The van der Waals surface area contributed by atoms with Gasteiger partial charge in [0.05, 0.1) is 6.42 Å². The lowest BCUT2D eigenvalue weighted by Crippen LogP contribution is -2.44. The first-order chi connectivity index (χ1) is 13.1. The maximum atomic E-state index is 12.6. The van der Waals surface area contributed by atoms with Crippen LogP contribution in [0.5, 0.6) is 0 Å². The molecule has 0 bridgehead atoms. The second-order valence-corrected chi connectivity index (χ2v) is 7.48. The van der Waals surface area contributed by atoms with Crippen LogP contribution in [0.15, 0.2) is 48.5 Å². The topological polar surface area (TPSA) is 52.7 Å². The van der Waals surface area contributed by atoms with Gasteiger partial charge in [0, 0.05) is 44.0 Å². The standard InChI is InChI=1S/C22H25N3O2/c1-24-20-8-7-17(13-18(20)14-21(24)26)22(27)23-19-9-11-25(12-10-19)15-16-5-3-2-4-6-16/h2-8,13,19H,9-12,14-15H2,1H3,(H,23,27). The van der Waals surface area contributed by atoms with E-state index in [1.54, 1.807) is 11.9 Å². The summed E-state index contributed by atoms with van der Waals surface area (Å²) in [5, 5.41) is 3.17. The van der Waals surface area contributed by atoms with E-state index in [0.29, 0.717) is 12.0 Å². The van der Waals surface area contributed by atoms with E-state index in [9.17, 15) is 9.59 Å². The third kappa shape index (κ3) is 3.88. The average molecular weight is 363 g/mol. The van der Waals surface area contributed by atoms with Crippen molar-refractivity contribution in [1.29, 1.82) is 0 Å². The molecule has 2 aliphatic rings. The molecular weight excluding hydrogens is 338 g/mol. The highest BCUT2D eigenvalue weighted by atomic mass is 16.2. The fourth-order valence-corrected chi connectivity index (χ4v) is 3.96. The van der Waals surface area contributed by atoms with Crippen molar-refractivity contribution < 1.29 is 9.59 Å². The number of likely N-dealkylation sites (N-methyl/N-ethyl adjacent to an activating group) is 1. The van der Waals surface area contributed by atoms with Crippen LogP contribution in [-0.4, -0.2) is 42.9 Å². The predicted molar refractivity (Wildman–Crippen MR) is 106 cm³/mol. The number of nitrogens with zero attached hydrogens (tertiary/aromatic N) is 2. The van der Waals surface area contributed by atoms with Gasteiger partial charge in [0.1, 0.15) is 0 Å². The van der Waals surface area contributed by atoms with Crippen LogP contribution in [0.4, 0.5) is 5.69 Å². The Morgan fingerprint density at radius 1 is 1.11 bits per heavy atom. The van der Waals surface area contributed by atoms with Gasteiger partial charge >= 0.3 is 0 Å². The summed E-state index contributed by atoms with van der Waals surface area (Å²) in [5.74, 6) is 0.0367. The third-order valence-electron chi connectivity index (χ3n) is 5.59. The number of anilines is 1. The van der Waals surface area contributed by atoms with Gasteiger partial charge in [-0.15, -0.1) is 0 Å². The van der Waals surface area contributed by atoms with Gasteiger partial charge in [-0.25, -0.2) is 0 Å². The molecule has 4 rings (SSSR count). The van der Waals surface area contributed by atoms with Crippen molar-refractivity contribution in [3.63, 3.8) is 0 Å². The Bertz CT molecular complexity index is 842. The Hall–Kier alpha value is -2.66. The van der Waals surface area contributed by atoms with E-state index in [4.69, 9.17) is 0 Å². The minimum absolute atomic E-state index is 0.0405. The van der Waals surface area contributed by atoms with Crippen LogP contribution >= 0.6 is 0 Å². The van der Waals surface area contributed by atoms with E-state index >= 15 is 0 Å². The summed E-state index contributed by atoms with van der Waals surface area (Å²) in [5.41, 5.74) is 3.82. The summed E-state index contributed by atoms with van der Waals surface area (Å²) in [6.45, 7) is 2.94. The van der Waals surface area contributed by atoms with Crippen LogP contribution in [0.1, 0.15) is 34.3 Å². The number of carbonyl (C=O) groups is 2. The molecule has 0 atom stereocenters. The second kappa shape index (κ2) is 7.53. The number of rotatable bonds is 4. The van der Waals surface area contributed by atoms with Crippen molar-refractivity contribution in [3.8, 4) is 0 Å². The van der Waals surface area contributed by atoms with Gasteiger partial charge in [0.15, 0.2) is 0 Å². The Morgan fingerprint density at radius 3 is 2.59 bits per heavy atom. The van der Waals surface area contributed by atoms with Crippen LogP contribution in [-0.2, 0) is 17.8 Å². The highest BCUT2D eigenvalue weighted by Crippen LogP contribution is 2.28. The van der Waals surface area contributed by atoms with Gasteiger partial charge in [0.2, 0.25) is 5.91 Å². The van der Waals surface area contributed by atoms with Gasteiger partial charge in [-0.3, -0.25) is 14.5 Å². The molecule has 0 radical (unpaired) electrons. The number of hydrogen-bond acceptors (Lipinski definition) is 3. The molecule has 0 saturated carbocycles. The average Bonchev–Trinajstić information content (AvgIpc) is 2.97. The van der Waals surface area contributed by atoms with Gasteiger partial charge in [-0.2, -0.15) is 0 Å². The first kappa shape index (κ1) is 17.7. The number of amides is 2. The third-order valence-corrected chi connectivity index (χ3v) is 5.59. The van der Waals surface area contributed by atoms with Gasteiger partial charge < -0.3 is 10.2 Å². The van der Waals surface area contributed by atoms with E-state index in [1.165, 1.54) is 5.56 Å². The van der Waals surface area contributed by atoms with Crippen LogP contribution in [0, 0.1) is 0 Å². The molecule has 0 spiro atoms. The molecule has 2 aromatic rings. The quantitative estimate of drug-likeness (QED) is 0.908. The molecule has 2 amide bonds. The first-order valence-corrected chi connectivity index (χ1v) is 9.57. The molecule has 0 aromatic heterocycles. The number of nitrogens with one attached hydrogen (secondary N) is 1. The number of fused-ring (bicyclic) bond motifs is 1. The zero-order chi connectivity index (χ0) is 18.8. The molecule has 1 saturated heterocycles. The number of benzene rings is 2. The fraction of sp³-hybridized carbons (Fsp3) is 0.364. The molecule has 0 unspecified atom stereocenters. The zero-order valence-electron chi connectivity index (χ0n) is 15.6. The van der Waals surface area contributed by atoms with Crippen LogP contribution in [0.2, 0.25) is 0 Å². The van der Waals surface area contributed by atoms with Crippen LogP contribution in [0.3, 0.4) is 0 Å². The summed E-state index contributed by atoms with van der Waals surface area (Å²) in [4.78, 5) is 28.5. The highest BCUT2D eigenvalue weighted by molar-refractivity contribution is 6.03. The second-order valence-electron chi connectivity index (χ2n) is 7.48. The Labute approximate surface area is 160 Å². The van der Waals surface area contributed by atoms with Crippen LogP contribution < -0.4 is 10.2 Å². The SMILES string of the molecule is CN1C(=O)Cc2cc(C(=O)NC3CCN(Cc4ccccc4)CC3)ccc21. The van der Waals surface area contributed by atoms with Gasteiger partial charge in [-0.05, 0) is 42.2 Å². The maximum Gasteiger partial charge on any atom is 0.251 e. The molecule has 2 aliphatic heterocycles. The lowest BCUT2D eigenvalue weighted by atomic mass is 10.0. The Balaban J connectivity index is 1.31. The van der Waals surface area contributed by atoms with E-state index in [2.05, 4.69) is 34.5 Å². The summed E-state index contributed by atoms with van der Waals surface area (Å²) in [6.07, 6.45) is 2.31.